The molecule has 0 fully saturated rings. The van der Waals surface area contributed by atoms with Gasteiger partial charge >= 0.3 is 0 Å². The van der Waals surface area contributed by atoms with Crippen LogP contribution in [0.1, 0.15) is 39.8 Å². The van der Waals surface area contributed by atoms with Crippen molar-refractivity contribution in [1.82, 2.24) is 4.98 Å². The molecule has 0 aromatic carbocycles. The molecular formula is C14H22N2O. The van der Waals surface area contributed by atoms with E-state index in [1.54, 1.807) is 6.20 Å². The third kappa shape index (κ3) is 4.17. The van der Waals surface area contributed by atoms with E-state index in [1.807, 2.05) is 32.9 Å². The lowest BCUT2D eigenvalue weighted by molar-refractivity contribution is -0.124. The van der Waals surface area contributed by atoms with Gasteiger partial charge < -0.3 is 5.32 Å². The predicted molar refractivity (Wildman–Crippen MR) is 70.8 cm³/mol. The second-order valence-electron chi connectivity index (χ2n) is 5.62. The number of nitrogens with zero attached hydrogens (tertiary/aromatic N) is 1. The number of carbonyl (C=O) groups is 1. The highest BCUT2D eigenvalue weighted by Crippen LogP contribution is 2.26. The number of hydrogen-bond acceptors (Lipinski definition) is 2. The lowest BCUT2D eigenvalue weighted by Gasteiger charge is -2.25. The summed E-state index contributed by atoms with van der Waals surface area (Å²) in [6.45, 7) is 10.1. The number of amides is 1. The average molecular weight is 234 g/mol. The summed E-state index contributed by atoms with van der Waals surface area (Å²) in [7, 11) is 0. The topological polar surface area (TPSA) is 42.0 Å². The Morgan fingerprint density at radius 3 is 2.53 bits per heavy atom. The molecule has 0 atom stereocenters. The van der Waals surface area contributed by atoms with Crippen molar-refractivity contribution in [1.29, 1.82) is 0 Å². The van der Waals surface area contributed by atoms with E-state index in [-0.39, 0.29) is 11.3 Å². The van der Waals surface area contributed by atoms with E-state index in [1.165, 1.54) is 0 Å². The molecule has 0 aliphatic heterocycles. The number of rotatable bonds is 4. The highest BCUT2D eigenvalue weighted by molar-refractivity contribution is 5.94. The monoisotopic (exact) mass is 234 g/mol. The Balaban J connectivity index is 2.68. The Morgan fingerprint density at radius 1 is 1.41 bits per heavy atom. The summed E-state index contributed by atoms with van der Waals surface area (Å²) >= 11 is 0. The number of carbonyl (C=O) groups excluding carboxylic acids is 1. The maximum atomic E-state index is 12.1. The molecule has 1 amide bonds. The van der Waals surface area contributed by atoms with E-state index >= 15 is 0 Å². The summed E-state index contributed by atoms with van der Waals surface area (Å²) in [5.74, 6) is 0.559. The zero-order chi connectivity index (χ0) is 13.1. The molecule has 3 nitrogen and oxygen atoms in total. The van der Waals surface area contributed by atoms with Crippen LogP contribution in [-0.2, 0) is 4.79 Å². The van der Waals surface area contributed by atoms with Crippen LogP contribution in [0.15, 0.2) is 18.3 Å². The van der Waals surface area contributed by atoms with Crippen LogP contribution in [0.4, 0.5) is 5.69 Å². The van der Waals surface area contributed by atoms with Crippen molar-refractivity contribution in [2.75, 3.05) is 5.32 Å². The van der Waals surface area contributed by atoms with Crippen molar-refractivity contribution in [3.8, 4) is 0 Å². The number of anilines is 1. The fraction of sp³-hybridized carbons (Fsp3) is 0.571. The Bertz CT molecular complexity index is 380. The maximum Gasteiger partial charge on any atom is 0.230 e. The number of nitrogens with one attached hydrogen (secondary N) is 1. The molecule has 1 aromatic rings. The summed E-state index contributed by atoms with van der Waals surface area (Å²) in [5.41, 5.74) is 1.36. The third-order valence-corrected chi connectivity index (χ3v) is 2.70. The maximum absolute atomic E-state index is 12.1. The lowest BCUT2D eigenvalue weighted by Crippen LogP contribution is -2.32. The SMILES string of the molecule is Cc1ccc(NC(=O)C(C)(C)CC(C)C)cn1. The van der Waals surface area contributed by atoms with Crippen LogP contribution >= 0.6 is 0 Å². The van der Waals surface area contributed by atoms with E-state index in [0.29, 0.717) is 5.92 Å². The van der Waals surface area contributed by atoms with E-state index in [0.717, 1.165) is 17.8 Å². The minimum absolute atomic E-state index is 0.0526. The van der Waals surface area contributed by atoms with Crippen molar-refractivity contribution in [2.24, 2.45) is 11.3 Å². The average Bonchev–Trinajstić information content (AvgIpc) is 2.19. The molecule has 0 saturated carbocycles. The Hall–Kier alpha value is -1.38. The van der Waals surface area contributed by atoms with Gasteiger partial charge in [0, 0.05) is 11.1 Å². The summed E-state index contributed by atoms with van der Waals surface area (Å²) in [5, 5.41) is 2.91. The van der Waals surface area contributed by atoms with Gasteiger partial charge in [-0.1, -0.05) is 27.7 Å². The van der Waals surface area contributed by atoms with Gasteiger partial charge in [-0.15, -0.1) is 0 Å². The molecule has 1 N–H and O–H groups in total. The molecule has 94 valence electrons. The summed E-state index contributed by atoms with van der Waals surface area (Å²) in [4.78, 5) is 16.3. The van der Waals surface area contributed by atoms with Gasteiger partial charge in [-0.05, 0) is 31.4 Å². The van der Waals surface area contributed by atoms with Crippen molar-refractivity contribution >= 4 is 11.6 Å². The quantitative estimate of drug-likeness (QED) is 0.867. The van der Waals surface area contributed by atoms with Gasteiger partial charge in [-0.2, -0.15) is 0 Å². The van der Waals surface area contributed by atoms with Crippen LogP contribution in [0.2, 0.25) is 0 Å². The zero-order valence-corrected chi connectivity index (χ0v) is 11.4. The van der Waals surface area contributed by atoms with Crippen molar-refractivity contribution < 1.29 is 4.79 Å². The fourth-order valence-corrected chi connectivity index (χ4v) is 1.96. The zero-order valence-electron chi connectivity index (χ0n) is 11.4. The van der Waals surface area contributed by atoms with Gasteiger partial charge in [0.2, 0.25) is 5.91 Å². The fourth-order valence-electron chi connectivity index (χ4n) is 1.96. The Morgan fingerprint density at radius 2 is 2.06 bits per heavy atom. The van der Waals surface area contributed by atoms with Crippen LogP contribution in [0.3, 0.4) is 0 Å². The lowest BCUT2D eigenvalue weighted by atomic mass is 9.83. The van der Waals surface area contributed by atoms with Crippen molar-refractivity contribution in [3.05, 3.63) is 24.0 Å². The number of aryl methyl sites for hydroxylation is 1. The van der Waals surface area contributed by atoms with Crippen LogP contribution < -0.4 is 5.32 Å². The van der Waals surface area contributed by atoms with Gasteiger partial charge in [-0.3, -0.25) is 9.78 Å². The number of pyridine rings is 1. The Labute approximate surface area is 104 Å². The molecule has 1 heterocycles. The van der Waals surface area contributed by atoms with E-state index < -0.39 is 0 Å². The van der Waals surface area contributed by atoms with Crippen molar-refractivity contribution in [3.63, 3.8) is 0 Å². The molecule has 0 aliphatic rings. The van der Waals surface area contributed by atoms with Gasteiger partial charge in [0.25, 0.3) is 0 Å². The molecule has 0 spiro atoms. The van der Waals surface area contributed by atoms with Crippen LogP contribution in [-0.4, -0.2) is 10.9 Å². The molecule has 0 saturated heterocycles. The van der Waals surface area contributed by atoms with Crippen molar-refractivity contribution in [2.45, 2.75) is 41.0 Å². The molecule has 0 radical (unpaired) electrons. The second-order valence-corrected chi connectivity index (χ2v) is 5.62. The first kappa shape index (κ1) is 13.7. The van der Waals surface area contributed by atoms with E-state index in [4.69, 9.17) is 0 Å². The molecule has 1 rings (SSSR count). The first-order valence-corrected chi connectivity index (χ1v) is 6.05. The molecule has 0 unspecified atom stereocenters. The van der Waals surface area contributed by atoms with E-state index in [2.05, 4.69) is 24.1 Å². The largest absolute Gasteiger partial charge is 0.324 e. The first-order valence-electron chi connectivity index (χ1n) is 6.05. The summed E-state index contributed by atoms with van der Waals surface area (Å²) in [6, 6.07) is 3.77. The van der Waals surface area contributed by atoms with Crippen LogP contribution in [0.25, 0.3) is 0 Å². The molecule has 3 heteroatoms. The minimum Gasteiger partial charge on any atom is -0.324 e. The smallest absolute Gasteiger partial charge is 0.230 e. The van der Waals surface area contributed by atoms with Crippen LogP contribution in [0, 0.1) is 18.3 Å². The first-order chi connectivity index (χ1) is 7.81. The predicted octanol–water partition coefficient (Wildman–Crippen LogP) is 3.40. The molecule has 0 aliphatic carbocycles. The van der Waals surface area contributed by atoms with Gasteiger partial charge in [0.15, 0.2) is 0 Å². The normalized spacial score (nSPS) is 11.6. The number of hydrogen-bond donors (Lipinski definition) is 1. The number of aromatic nitrogens is 1. The van der Waals surface area contributed by atoms with Crippen LogP contribution in [0.5, 0.6) is 0 Å². The Kier molecular flexibility index (Phi) is 4.27. The molecule has 0 bridgehead atoms. The standard InChI is InChI=1S/C14H22N2O/c1-10(2)8-14(4,5)13(17)16-12-7-6-11(3)15-9-12/h6-7,9-10H,8H2,1-5H3,(H,16,17). The molecule has 17 heavy (non-hydrogen) atoms. The second kappa shape index (κ2) is 5.30. The summed E-state index contributed by atoms with van der Waals surface area (Å²) < 4.78 is 0. The van der Waals surface area contributed by atoms with Gasteiger partial charge in [0.1, 0.15) is 0 Å². The van der Waals surface area contributed by atoms with Gasteiger partial charge in [-0.25, -0.2) is 0 Å². The summed E-state index contributed by atoms with van der Waals surface area (Å²) in [6.07, 6.45) is 2.57. The minimum atomic E-state index is -0.348. The highest BCUT2D eigenvalue weighted by atomic mass is 16.2. The van der Waals surface area contributed by atoms with E-state index in [9.17, 15) is 4.79 Å². The highest BCUT2D eigenvalue weighted by Gasteiger charge is 2.28. The molecular weight excluding hydrogens is 212 g/mol. The molecule has 1 aromatic heterocycles. The third-order valence-electron chi connectivity index (χ3n) is 2.70. The van der Waals surface area contributed by atoms with Gasteiger partial charge in [0.05, 0.1) is 11.9 Å².